The summed E-state index contributed by atoms with van der Waals surface area (Å²) in [6.45, 7) is 15.9. The summed E-state index contributed by atoms with van der Waals surface area (Å²) >= 11 is 0. The first kappa shape index (κ1) is 18.4. The topological polar surface area (TPSA) is 46.5 Å². The fourth-order valence-electron chi connectivity index (χ4n) is 2.69. The van der Waals surface area contributed by atoms with Gasteiger partial charge in [0.2, 0.25) is 0 Å². The van der Waals surface area contributed by atoms with E-state index in [1.807, 2.05) is 0 Å². The highest BCUT2D eigenvalue weighted by molar-refractivity contribution is 7.32. The molecule has 2 rings (SSSR count). The maximum Gasteiger partial charge on any atom is 0.316 e. The Kier molecular flexibility index (Phi) is 5.83. The van der Waals surface area contributed by atoms with Gasteiger partial charge in [-0.2, -0.15) is 0 Å². The molecule has 1 N–H and O–H groups in total. The van der Waals surface area contributed by atoms with Gasteiger partial charge in [0, 0.05) is 0 Å². The second-order valence-electron chi connectivity index (χ2n) is 7.55. The zero-order valence-electron chi connectivity index (χ0n) is 14.3. The van der Waals surface area contributed by atoms with E-state index in [4.69, 9.17) is 4.89 Å². The predicted molar refractivity (Wildman–Crippen MR) is 89.6 cm³/mol. The smallest absolute Gasteiger partial charge is 0.316 e. The molecular weight excluding hydrogens is 283 g/mol. The molecule has 3 nitrogen and oxygen atoms in total. The van der Waals surface area contributed by atoms with Gasteiger partial charge in [0.1, 0.15) is 0 Å². The Morgan fingerprint density at radius 2 is 1.71 bits per heavy atom. The fraction of sp³-hybridized carbons (Fsp3) is 0.647. The third kappa shape index (κ3) is 4.95. The van der Waals surface area contributed by atoms with Crippen LogP contribution < -0.4 is 0 Å². The van der Waals surface area contributed by atoms with Crippen molar-refractivity contribution in [1.82, 2.24) is 0 Å². The van der Waals surface area contributed by atoms with Crippen LogP contribution >= 0.6 is 8.25 Å². The maximum absolute atomic E-state index is 9.56. The molecule has 21 heavy (non-hydrogen) atoms. The van der Waals surface area contributed by atoms with Crippen LogP contribution in [0.2, 0.25) is 0 Å². The summed E-state index contributed by atoms with van der Waals surface area (Å²) in [5, 5.41) is 0. The molecule has 0 radical (unpaired) electrons. The molecule has 1 atom stereocenters. The van der Waals surface area contributed by atoms with E-state index in [9.17, 15) is 4.57 Å². The lowest BCUT2D eigenvalue weighted by Crippen LogP contribution is -2.15. The van der Waals surface area contributed by atoms with Gasteiger partial charge < -0.3 is 9.42 Å². The molecule has 2 aliphatic rings. The van der Waals surface area contributed by atoms with Gasteiger partial charge in [-0.05, 0) is 46.5 Å². The molecule has 2 aliphatic carbocycles. The van der Waals surface area contributed by atoms with E-state index >= 15 is 0 Å². The van der Waals surface area contributed by atoms with Crippen LogP contribution in [0.5, 0.6) is 0 Å². The van der Waals surface area contributed by atoms with E-state index in [1.165, 1.54) is 12.0 Å². The zero-order valence-corrected chi connectivity index (χ0v) is 15.3. The highest BCUT2D eigenvalue weighted by atomic mass is 31.1. The van der Waals surface area contributed by atoms with Crippen molar-refractivity contribution in [2.75, 3.05) is 6.61 Å². The van der Waals surface area contributed by atoms with Crippen molar-refractivity contribution in [3.8, 4) is 0 Å². The summed E-state index contributed by atoms with van der Waals surface area (Å²) in [6.07, 6.45) is 5.97. The second-order valence-corrected chi connectivity index (χ2v) is 8.37. The average molecular weight is 312 g/mol. The Bertz CT molecular complexity index is 511. The van der Waals surface area contributed by atoms with Gasteiger partial charge >= 0.3 is 8.25 Å². The molecule has 0 aliphatic heterocycles. The summed E-state index contributed by atoms with van der Waals surface area (Å²) in [4.78, 5) is 7.88. The molecule has 0 saturated heterocycles. The largest absolute Gasteiger partial charge is 0.326 e. The van der Waals surface area contributed by atoms with Crippen molar-refractivity contribution < 1.29 is 14.0 Å². The third-order valence-electron chi connectivity index (χ3n) is 3.57. The summed E-state index contributed by atoms with van der Waals surface area (Å²) < 4.78 is 13.7. The minimum absolute atomic E-state index is 0.293. The van der Waals surface area contributed by atoms with E-state index in [-0.39, 0.29) is 0 Å². The van der Waals surface area contributed by atoms with Gasteiger partial charge in [-0.25, -0.2) is 0 Å². The lowest BCUT2D eigenvalue weighted by atomic mass is 9.76. The normalized spacial score (nSPS) is 19.0. The lowest BCUT2D eigenvalue weighted by Gasteiger charge is -2.28. The van der Waals surface area contributed by atoms with E-state index < -0.39 is 8.25 Å². The van der Waals surface area contributed by atoms with Crippen LogP contribution in [0.25, 0.3) is 0 Å². The number of fused-ring (bicyclic) bond motifs is 2. The Hall–Kier alpha value is -0.630. The van der Waals surface area contributed by atoms with Gasteiger partial charge in [-0.15, -0.1) is 0 Å². The first-order valence-electron chi connectivity index (χ1n) is 7.49. The van der Waals surface area contributed by atoms with Gasteiger partial charge in [0.05, 0.1) is 6.61 Å². The molecule has 0 fully saturated rings. The molecule has 0 aromatic heterocycles. The van der Waals surface area contributed by atoms with Gasteiger partial charge in [-0.1, -0.05) is 53.7 Å². The van der Waals surface area contributed by atoms with Crippen molar-refractivity contribution in [2.45, 2.75) is 54.9 Å². The molecule has 0 amide bonds. The monoisotopic (exact) mass is 312 g/mol. The number of hydrogen-bond acceptors (Lipinski definition) is 2. The fourth-order valence-corrected chi connectivity index (χ4v) is 2.94. The van der Waals surface area contributed by atoms with Crippen molar-refractivity contribution in [3.05, 3.63) is 34.4 Å². The minimum Gasteiger partial charge on any atom is -0.326 e. The Morgan fingerprint density at radius 3 is 2.00 bits per heavy atom. The molecule has 0 heterocycles. The summed E-state index contributed by atoms with van der Waals surface area (Å²) in [5.74, 6) is 0. The Morgan fingerprint density at radius 1 is 1.14 bits per heavy atom. The van der Waals surface area contributed by atoms with Crippen LogP contribution in [0.3, 0.4) is 0 Å². The molecule has 4 heteroatoms. The maximum atomic E-state index is 9.56. The summed E-state index contributed by atoms with van der Waals surface area (Å²) in [5.41, 5.74) is 6.82. The van der Waals surface area contributed by atoms with Crippen LogP contribution in [0.15, 0.2) is 34.4 Å². The van der Waals surface area contributed by atoms with E-state index in [0.717, 1.165) is 0 Å². The molecular formula is C17H29O3P. The van der Waals surface area contributed by atoms with Crippen LogP contribution in [-0.4, -0.2) is 11.5 Å². The van der Waals surface area contributed by atoms with Crippen molar-refractivity contribution in [2.24, 2.45) is 10.8 Å². The lowest BCUT2D eigenvalue weighted by molar-refractivity contribution is 0.297. The molecule has 0 spiro atoms. The van der Waals surface area contributed by atoms with Crippen LogP contribution in [0.1, 0.15) is 54.9 Å². The molecule has 0 saturated carbocycles. The van der Waals surface area contributed by atoms with E-state index in [2.05, 4.69) is 58.2 Å². The van der Waals surface area contributed by atoms with Crippen molar-refractivity contribution in [1.29, 1.82) is 0 Å². The van der Waals surface area contributed by atoms with Crippen molar-refractivity contribution in [3.63, 3.8) is 0 Å². The zero-order chi connectivity index (χ0) is 16.4. The third-order valence-corrected chi connectivity index (χ3v) is 4.11. The van der Waals surface area contributed by atoms with Gasteiger partial charge in [-0.3, -0.25) is 4.57 Å². The predicted octanol–water partition coefficient (Wildman–Crippen LogP) is 5.05. The highest BCUT2D eigenvalue weighted by Gasteiger charge is 2.34. The van der Waals surface area contributed by atoms with Crippen LogP contribution in [0.4, 0.5) is 0 Å². The molecule has 2 bridgehead atoms. The summed E-state index contributed by atoms with van der Waals surface area (Å²) in [6, 6.07) is 0. The Labute approximate surface area is 129 Å². The standard InChI is InChI=1S/C15H22.C2H7O3P/c1-14(2,3)12-8-10-7-11(12)13(9-10)15(4,5)6;1-2-5-6(3)4/h8-9H,7H2,1-6H3;6H,2H2,1H3,(H,3,4). The van der Waals surface area contributed by atoms with E-state index in [1.54, 1.807) is 23.6 Å². The first-order chi connectivity index (χ1) is 9.46. The Balaban J connectivity index is 0.000000315. The molecule has 1 unspecified atom stereocenters. The average Bonchev–Trinajstić information content (AvgIpc) is 2.86. The molecule has 0 aromatic carbocycles. The number of allylic oxidation sites excluding steroid dienone is 6. The van der Waals surface area contributed by atoms with Gasteiger partial charge in [0.25, 0.3) is 0 Å². The van der Waals surface area contributed by atoms with Crippen molar-refractivity contribution >= 4 is 8.25 Å². The van der Waals surface area contributed by atoms with E-state index in [0.29, 0.717) is 17.4 Å². The number of rotatable bonds is 2. The summed E-state index contributed by atoms with van der Waals surface area (Å²) in [7, 11) is -2.64. The molecule has 0 aromatic rings. The molecule has 120 valence electrons. The highest BCUT2D eigenvalue weighted by Crippen LogP contribution is 2.50. The van der Waals surface area contributed by atoms with Crippen LogP contribution in [0, 0.1) is 10.8 Å². The first-order valence-corrected chi connectivity index (χ1v) is 8.75. The SMILES string of the molecule is CC(C)(C)C1=CC2=CC(C(C)(C)C)=C1C2.CCO[PH](=O)O. The van der Waals surface area contributed by atoms with Gasteiger partial charge in [0.15, 0.2) is 0 Å². The second kappa shape index (κ2) is 6.64. The quantitative estimate of drug-likeness (QED) is 0.726. The number of hydrogen-bond donors (Lipinski definition) is 1. The van der Waals surface area contributed by atoms with Crippen LogP contribution in [-0.2, 0) is 9.09 Å². The minimum atomic E-state index is -2.64.